The van der Waals surface area contributed by atoms with Crippen molar-refractivity contribution < 1.29 is 42.3 Å². The highest BCUT2D eigenvalue weighted by atomic mass is 19.3. The lowest BCUT2D eigenvalue weighted by molar-refractivity contribution is -0.140. The standard InChI is InChI=1S/C44H50F2N10O7/c1-51-34-23-47-43(50-37(34)55(28-5-3-4-6-28)25-44(45,46)42(51)62)48-32-10-7-27(21-35(32)63-2)39(59)54-15-13-26(14-16-54)24-52-17-19-53(20-18-52)29-8-9-30-31(22-29)41(61)56(40(30)60)33-11-12-36(57)49-38(33)58/h7-10,21-23,26,28,33H,3-6,11-20,24-25H2,1-2H3,(H,47,48,50)(H,49,57,58). The summed E-state index contributed by atoms with van der Waals surface area (Å²) < 4.78 is 35.8. The Morgan fingerprint density at radius 1 is 0.905 bits per heavy atom. The van der Waals surface area contributed by atoms with E-state index in [0.29, 0.717) is 36.0 Å². The van der Waals surface area contributed by atoms with E-state index in [-0.39, 0.29) is 53.4 Å². The first kappa shape index (κ1) is 42.1. The second kappa shape index (κ2) is 16.8. The molecule has 1 aliphatic carbocycles. The fourth-order valence-corrected chi connectivity index (χ4v) is 9.86. The summed E-state index contributed by atoms with van der Waals surface area (Å²) in [6.45, 7) is 4.46. The SMILES string of the molecule is COc1cc(C(=O)N2CCC(CN3CCN(c4ccc5c(c4)C(=O)N(C4CCC(=O)NC4=O)C5=O)CC3)CC2)ccc1Nc1ncc2c(n1)N(C1CCCC1)CC(F)(F)C(=O)N2C. The number of halogens is 2. The Labute approximate surface area is 362 Å². The topological polar surface area (TPSA) is 181 Å². The van der Waals surface area contributed by atoms with E-state index < -0.39 is 48.0 Å². The Balaban J connectivity index is 0.780. The lowest BCUT2D eigenvalue weighted by atomic mass is 9.95. The minimum absolute atomic E-state index is 0.0675. The molecule has 1 saturated carbocycles. The van der Waals surface area contributed by atoms with Gasteiger partial charge < -0.3 is 29.7 Å². The molecular weight excluding hydrogens is 819 g/mol. The lowest BCUT2D eigenvalue weighted by Gasteiger charge is -2.39. The summed E-state index contributed by atoms with van der Waals surface area (Å²) in [7, 11) is 2.81. The molecule has 6 aliphatic rings. The molecule has 4 fully saturated rings. The number of rotatable bonds is 9. The quantitative estimate of drug-likeness (QED) is 0.298. The number of carbonyl (C=O) groups excluding carboxylic acids is 6. The van der Waals surface area contributed by atoms with Crippen molar-refractivity contribution in [3.63, 3.8) is 0 Å². The second-order valence-corrected chi connectivity index (χ2v) is 17.3. The number of alkyl halides is 2. The summed E-state index contributed by atoms with van der Waals surface area (Å²) in [6.07, 6.45) is 6.55. The van der Waals surface area contributed by atoms with Crippen LogP contribution in [0, 0.1) is 5.92 Å². The summed E-state index contributed by atoms with van der Waals surface area (Å²) in [4.78, 5) is 96.0. The van der Waals surface area contributed by atoms with Crippen molar-refractivity contribution in [2.24, 2.45) is 5.92 Å². The Hall–Kier alpha value is -6.24. The van der Waals surface area contributed by atoms with Crippen LogP contribution < -0.4 is 30.1 Å². The van der Waals surface area contributed by atoms with Crippen molar-refractivity contribution in [3.8, 4) is 5.75 Å². The number of aromatic nitrogens is 2. The first-order chi connectivity index (χ1) is 30.3. The Morgan fingerprint density at radius 3 is 2.35 bits per heavy atom. The highest BCUT2D eigenvalue weighted by Crippen LogP contribution is 2.40. The largest absolute Gasteiger partial charge is 0.495 e. The number of benzene rings is 2. The molecule has 5 aliphatic heterocycles. The first-order valence-corrected chi connectivity index (χ1v) is 21.7. The Kier molecular flexibility index (Phi) is 11.2. The molecule has 19 heteroatoms. The van der Waals surface area contributed by atoms with Crippen LogP contribution >= 0.6 is 0 Å². The predicted octanol–water partition coefficient (Wildman–Crippen LogP) is 3.67. The van der Waals surface area contributed by atoms with Crippen LogP contribution in [0.25, 0.3) is 0 Å². The van der Waals surface area contributed by atoms with E-state index in [0.717, 1.165) is 86.7 Å². The van der Waals surface area contributed by atoms with Gasteiger partial charge in [0.05, 0.1) is 36.7 Å². The molecule has 332 valence electrons. The van der Waals surface area contributed by atoms with Gasteiger partial charge in [-0.25, -0.2) is 4.98 Å². The van der Waals surface area contributed by atoms with Crippen LogP contribution in [0.15, 0.2) is 42.6 Å². The normalized spacial score (nSPS) is 22.3. The van der Waals surface area contributed by atoms with Crippen LogP contribution in [-0.2, 0) is 14.4 Å². The van der Waals surface area contributed by atoms with Gasteiger partial charge in [0.1, 0.15) is 17.5 Å². The van der Waals surface area contributed by atoms with Gasteiger partial charge in [-0.3, -0.25) is 43.9 Å². The van der Waals surface area contributed by atoms with Gasteiger partial charge in [0.2, 0.25) is 17.8 Å². The van der Waals surface area contributed by atoms with Crippen LogP contribution in [0.4, 0.5) is 37.6 Å². The Bertz CT molecular complexity index is 2360. The maximum atomic E-state index is 15.1. The van der Waals surface area contributed by atoms with Gasteiger partial charge in [-0.1, -0.05) is 12.8 Å². The zero-order valence-corrected chi connectivity index (χ0v) is 35.3. The highest BCUT2D eigenvalue weighted by Gasteiger charge is 2.49. The molecule has 1 aromatic heterocycles. The number of imide groups is 2. The summed E-state index contributed by atoms with van der Waals surface area (Å²) in [6, 6.07) is 9.13. The Morgan fingerprint density at radius 2 is 1.63 bits per heavy atom. The molecule has 3 aromatic rings. The van der Waals surface area contributed by atoms with Crippen LogP contribution in [0.3, 0.4) is 0 Å². The van der Waals surface area contributed by atoms with E-state index in [1.54, 1.807) is 35.2 Å². The summed E-state index contributed by atoms with van der Waals surface area (Å²) in [5, 5.41) is 5.36. The van der Waals surface area contributed by atoms with Crippen LogP contribution in [0.5, 0.6) is 5.75 Å². The van der Waals surface area contributed by atoms with E-state index >= 15 is 8.78 Å². The molecule has 17 nitrogen and oxygen atoms in total. The number of piperazine rings is 1. The zero-order valence-electron chi connectivity index (χ0n) is 35.3. The van der Waals surface area contributed by atoms with E-state index in [2.05, 4.69) is 30.4 Å². The number of anilines is 5. The molecule has 63 heavy (non-hydrogen) atoms. The number of hydrogen-bond acceptors (Lipinski definition) is 13. The van der Waals surface area contributed by atoms with Crippen LogP contribution in [0.1, 0.15) is 82.4 Å². The smallest absolute Gasteiger partial charge is 0.342 e. The predicted molar refractivity (Wildman–Crippen MR) is 227 cm³/mol. The maximum absolute atomic E-state index is 15.1. The molecule has 6 heterocycles. The van der Waals surface area contributed by atoms with Gasteiger partial charge in [-0.2, -0.15) is 13.8 Å². The number of ether oxygens (including phenoxy) is 1. The number of fused-ring (bicyclic) bond motifs is 2. The molecule has 9 rings (SSSR count). The number of hydrogen-bond donors (Lipinski definition) is 2. The van der Waals surface area contributed by atoms with Gasteiger partial charge in [-0.15, -0.1) is 0 Å². The molecule has 6 amide bonds. The fraction of sp³-hybridized carbons (Fsp3) is 0.500. The average molecular weight is 869 g/mol. The van der Waals surface area contributed by atoms with Gasteiger partial charge in [-0.05, 0) is 74.4 Å². The molecule has 1 unspecified atom stereocenters. The van der Waals surface area contributed by atoms with Crippen molar-refractivity contribution in [2.45, 2.75) is 69.4 Å². The monoisotopic (exact) mass is 868 g/mol. The average Bonchev–Trinajstić information content (AvgIpc) is 3.90. The van der Waals surface area contributed by atoms with Crippen molar-refractivity contribution in [3.05, 3.63) is 59.3 Å². The van der Waals surface area contributed by atoms with Gasteiger partial charge in [0, 0.05) is 76.6 Å². The van der Waals surface area contributed by atoms with Crippen LogP contribution in [-0.4, -0.2) is 145 Å². The number of nitrogens with one attached hydrogen (secondary N) is 2. The van der Waals surface area contributed by atoms with Gasteiger partial charge in [0.15, 0.2) is 5.82 Å². The van der Waals surface area contributed by atoms with Gasteiger partial charge in [0.25, 0.3) is 23.6 Å². The molecule has 3 saturated heterocycles. The molecule has 0 radical (unpaired) electrons. The minimum atomic E-state index is -3.58. The molecule has 0 bridgehead atoms. The number of piperidine rings is 2. The second-order valence-electron chi connectivity index (χ2n) is 17.3. The molecule has 2 aromatic carbocycles. The summed E-state index contributed by atoms with van der Waals surface area (Å²) in [5.41, 5.74) is 2.53. The van der Waals surface area contributed by atoms with Crippen molar-refractivity contribution >= 4 is 64.3 Å². The minimum Gasteiger partial charge on any atom is -0.495 e. The van der Waals surface area contributed by atoms with Crippen molar-refractivity contribution in [2.75, 3.05) is 86.5 Å². The lowest BCUT2D eigenvalue weighted by Crippen LogP contribution is -2.54. The van der Waals surface area contributed by atoms with E-state index in [1.165, 1.54) is 20.4 Å². The molecular formula is C44H50F2N10O7. The van der Waals surface area contributed by atoms with Crippen molar-refractivity contribution in [1.29, 1.82) is 0 Å². The van der Waals surface area contributed by atoms with E-state index in [4.69, 9.17) is 4.74 Å². The third-order valence-corrected chi connectivity index (χ3v) is 13.4. The molecule has 0 spiro atoms. The number of methoxy groups -OCH3 is 1. The first-order valence-electron chi connectivity index (χ1n) is 21.7. The maximum Gasteiger partial charge on any atom is 0.342 e. The molecule has 1 atom stereocenters. The number of nitrogens with zero attached hydrogens (tertiary/aromatic N) is 8. The van der Waals surface area contributed by atoms with E-state index in [9.17, 15) is 28.8 Å². The summed E-state index contributed by atoms with van der Waals surface area (Å²) in [5.74, 6) is -5.87. The fourth-order valence-electron chi connectivity index (χ4n) is 9.86. The van der Waals surface area contributed by atoms with Crippen molar-refractivity contribution in [1.82, 2.24) is 30.0 Å². The summed E-state index contributed by atoms with van der Waals surface area (Å²) >= 11 is 0. The van der Waals surface area contributed by atoms with E-state index in [1.807, 2.05) is 11.0 Å². The molecule has 2 N–H and O–H groups in total. The number of amides is 6. The highest BCUT2D eigenvalue weighted by molar-refractivity contribution is 6.23. The van der Waals surface area contributed by atoms with Gasteiger partial charge >= 0.3 is 5.92 Å². The third-order valence-electron chi connectivity index (χ3n) is 13.4. The number of carbonyl (C=O) groups is 6. The third kappa shape index (κ3) is 8.02. The van der Waals surface area contributed by atoms with Crippen LogP contribution in [0.2, 0.25) is 0 Å². The zero-order chi connectivity index (χ0) is 44.2. The number of likely N-dealkylation sites (tertiary alicyclic amines) is 1.